The molecule has 4 bridgehead atoms. The van der Waals surface area contributed by atoms with E-state index in [-0.39, 0.29) is 12.0 Å². The van der Waals surface area contributed by atoms with Crippen molar-refractivity contribution >= 4 is 17.9 Å². The van der Waals surface area contributed by atoms with E-state index in [1.54, 1.807) is 38.5 Å². The van der Waals surface area contributed by atoms with E-state index in [1.807, 2.05) is 0 Å². The molecule has 0 spiro atoms. The van der Waals surface area contributed by atoms with Gasteiger partial charge in [-0.15, -0.1) is 0 Å². The number of rotatable bonds is 2. The minimum atomic E-state index is -1.08. The number of carboxylic acid groups (broad SMARTS) is 3. The van der Waals surface area contributed by atoms with Gasteiger partial charge in [-0.3, -0.25) is 9.59 Å². The van der Waals surface area contributed by atoms with Gasteiger partial charge in [0, 0.05) is 12.5 Å². The van der Waals surface area contributed by atoms with Crippen molar-refractivity contribution in [1.29, 1.82) is 0 Å². The molecule has 1 unspecified atom stereocenters. The first-order chi connectivity index (χ1) is 12.6. The van der Waals surface area contributed by atoms with Crippen molar-refractivity contribution in [3.05, 3.63) is 23.8 Å². The summed E-state index contributed by atoms with van der Waals surface area (Å²) >= 11 is 0. The van der Waals surface area contributed by atoms with Crippen molar-refractivity contribution in [2.24, 2.45) is 29.1 Å². The van der Waals surface area contributed by atoms with E-state index in [9.17, 15) is 9.59 Å². The highest BCUT2D eigenvalue weighted by Gasteiger charge is 2.41. The predicted molar refractivity (Wildman–Crippen MR) is 100 cm³/mol. The summed E-state index contributed by atoms with van der Waals surface area (Å²) < 4.78 is 0. The molecule has 4 saturated carbocycles. The molecule has 0 aromatic heterocycles. The average molecular weight is 378 g/mol. The van der Waals surface area contributed by atoms with Crippen LogP contribution >= 0.6 is 0 Å². The van der Waals surface area contributed by atoms with Crippen LogP contribution in [0.15, 0.2) is 23.8 Å². The van der Waals surface area contributed by atoms with Crippen molar-refractivity contribution in [2.45, 2.75) is 58.8 Å². The summed E-state index contributed by atoms with van der Waals surface area (Å²) in [5.74, 6) is 1.81. The van der Waals surface area contributed by atoms with E-state index in [2.05, 4.69) is 0 Å². The summed E-state index contributed by atoms with van der Waals surface area (Å²) in [6, 6.07) is 0. The van der Waals surface area contributed by atoms with E-state index in [1.165, 1.54) is 48.8 Å². The zero-order valence-corrected chi connectivity index (χ0v) is 16.1. The van der Waals surface area contributed by atoms with Gasteiger partial charge in [0.15, 0.2) is 0 Å². The van der Waals surface area contributed by atoms with E-state index in [0.717, 1.165) is 6.92 Å². The minimum absolute atomic E-state index is 0.0359. The smallest absolute Gasteiger partial charge is 0.331 e. The van der Waals surface area contributed by atoms with Gasteiger partial charge in [0.2, 0.25) is 0 Å². The predicted octanol–water partition coefficient (Wildman–Crippen LogP) is 3.97. The zero-order valence-electron chi connectivity index (χ0n) is 16.1. The number of allylic oxidation sites excluding steroid dienone is 2. The van der Waals surface area contributed by atoms with Gasteiger partial charge in [-0.05, 0) is 75.5 Å². The Morgan fingerprint density at radius 1 is 0.889 bits per heavy atom. The van der Waals surface area contributed by atoms with Crippen LogP contribution in [0.1, 0.15) is 58.8 Å². The molecule has 5 rings (SSSR count). The van der Waals surface area contributed by atoms with Gasteiger partial charge in [-0.2, -0.15) is 0 Å². The summed E-state index contributed by atoms with van der Waals surface area (Å²) in [6.07, 6.45) is 14.1. The highest BCUT2D eigenvalue weighted by atomic mass is 16.4. The van der Waals surface area contributed by atoms with E-state index < -0.39 is 23.3 Å². The molecule has 1 atom stereocenters. The van der Waals surface area contributed by atoms with Crippen molar-refractivity contribution in [3.63, 3.8) is 0 Å². The lowest BCUT2D eigenvalue weighted by atomic mass is 9.56. The van der Waals surface area contributed by atoms with Crippen LogP contribution in [0.2, 0.25) is 0 Å². The summed E-state index contributed by atoms with van der Waals surface area (Å²) in [7, 11) is 0. The van der Waals surface area contributed by atoms with E-state index in [0.29, 0.717) is 0 Å². The molecule has 6 nitrogen and oxygen atoms in total. The Morgan fingerprint density at radius 3 is 1.56 bits per heavy atom. The Morgan fingerprint density at radius 2 is 1.26 bits per heavy atom. The van der Waals surface area contributed by atoms with Crippen LogP contribution in [0.4, 0.5) is 0 Å². The van der Waals surface area contributed by atoms with E-state index >= 15 is 0 Å². The Hall–Kier alpha value is -2.11. The molecule has 5 aliphatic carbocycles. The summed E-state index contributed by atoms with van der Waals surface area (Å²) in [5, 5.41) is 24.9. The molecule has 5 aliphatic rings. The lowest BCUT2D eigenvalue weighted by Crippen LogP contribution is -2.38. The van der Waals surface area contributed by atoms with Crippen LogP contribution < -0.4 is 0 Å². The molecule has 27 heavy (non-hydrogen) atoms. The lowest BCUT2D eigenvalue weighted by molar-refractivity contribution is -0.145. The molecule has 3 N–H and O–H groups in total. The van der Waals surface area contributed by atoms with Crippen molar-refractivity contribution < 1.29 is 29.7 Å². The van der Waals surface area contributed by atoms with Crippen LogP contribution in [0.25, 0.3) is 0 Å². The van der Waals surface area contributed by atoms with Gasteiger partial charge in [0.25, 0.3) is 5.97 Å². The number of hydrogen-bond acceptors (Lipinski definition) is 3. The van der Waals surface area contributed by atoms with Crippen molar-refractivity contribution in [1.82, 2.24) is 0 Å². The topological polar surface area (TPSA) is 112 Å². The van der Waals surface area contributed by atoms with Crippen LogP contribution in [-0.4, -0.2) is 33.2 Å². The van der Waals surface area contributed by atoms with Crippen molar-refractivity contribution in [2.75, 3.05) is 0 Å². The minimum Gasteiger partial charge on any atom is -0.481 e. The second-order valence-corrected chi connectivity index (χ2v) is 8.65. The lowest BCUT2D eigenvalue weighted by Gasteiger charge is -2.49. The quantitative estimate of drug-likeness (QED) is 0.670. The molecule has 0 amide bonds. The first-order valence-electron chi connectivity index (χ1n) is 9.63. The van der Waals surface area contributed by atoms with Crippen LogP contribution in [0.3, 0.4) is 0 Å². The van der Waals surface area contributed by atoms with Gasteiger partial charge in [0.05, 0.1) is 5.41 Å². The van der Waals surface area contributed by atoms with Gasteiger partial charge in [-0.25, -0.2) is 4.79 Å². The fourth-order valence-corrected chi connectivity index (χ4v) is 5.17. The first-order valence-corrected chi connectivity index (χ1v) is 9.63. The third kappa shape index (κ3) is 5.94. The Kier molecular flexibility index (Phi) is 6.84. The molecule has 0 aromatic carbocycles. The molecule has 0 aliphatic heterocycles. The highest BCUT2D eigenvalue weighted by molar-refractivity contribution is 5.90. The van der Waals surface area contributed by atoms with Gasteiger partial charge in [0.1, 0.15) is 0 Å². The molecular formula is C21H30O6. The Balaban J connectivity index is 0.000000165. The van der Waals surface area contributed by atoms with Gasteiger partial charge in [-0.1, -0.05) is 18.2 Å². The molecule has 0 radical (unpaired) electrons. The number of aliphatic carboxylic acids is 3. The first kappa shape index (κ1) is 21.2. The standard InChI is InChI=1S/C10H16.C9H10O4.C2H4O2/c1-7-2-9-4-8(1)5-10(3-7)6-9;1-9(8(12)13)4-2-3-6(5-9)7(10)11;1-2(3)4/h7-10H,1-6H2;2-4H,5H2,1H3,(H,10,11)(H,12,13);1H3,(H,3,4). The number of carbonyl (C=O) groups is 3. The molecule has 0 aromatic rings. The maximum atomic E-state index is 10.8. The average Bonchev–Trinajstić information content (AvgIpc) is 2.53. The summed E-state index contributed by atoms with van der Waals surface area (Å²) in [6.45, 7) is 2.59. The second-order valence-electron chi connectivity index (χ2n) is 8.65. The maximum absolute atomic E-state index is 10.8. The Bertz CT molecular complexity index is 587. The van der Waals surface area contributed by atoms with Gasteiger partial charge >= 0.3 is 11.9 Å². The number of hydrogen-bond donors (Lipinski definition) is 3. The summed E-state index contributed by atoms with van der Waals surface area (Å²) in [4.78, 5) is 30.3. The zero-order chi connectivity index (χ0) is 20.2. The molecule has 150 valence electrons. The summed E-state index contributed by atoms with van der Waals surface area (Å²) in [5.41, 5.74) is -0.949. The molecular weight excluding hydrogens is 348 g/mol. The SMILES string of the molecule is C1C2CC3CC1CC(C2)C3.CC(=O)O.CC1(C(=O)O)C=CC=C(C(=O)O)C1. The van der Waals surface area contributed by atoms with Crippen molar-refractivity contribution in [3.8, 4) is 0 Å². The maximum Gasteiger partial charge on any atom is 0.331 e. The van der Waals surface area contributed by atoms with Crippen LogP contribution in [-0.2, 0) is 14.4 Å². The normalized spacial score (nSPS) is 35.1. The van der Waals surface area contributed by atoms with Gasteiger partial charge < -0.3 is 15.3 Å². The molecule has 0 heterocycles. The Labute approximate surface area is 160 Å². The monoisotopic (exact) mass is 378 g/mol. The fraction of sp³-hybridized carbons (Fsp3) is 0.667. The molecule has 0 saturated heterocycles. The third-order valence-corrected chi connectivity index (χ3v) is 6.08. The largest absolute Gasteiger partial charge is 0.481 e. The second kappa shape index (κ2) is 8.72. The highest BCUT2D eigenvalue weighted by Crippen LogP contribution is 2.53. The third-order valence-electron chi connectivity index (χ3n) is 6.08. The molecule has 4 fully saturated rings. The van der Waals surface area contributed by atoms with E-state index in [4.69, 9.17) is 20.1 Å². The molecule has 6 heteroatoms. The van der Waals surface area contributed by atoms with Crippen LogP contribution in [0.5, 0.6) is 0 Å². The fourth-order valence-electron chi connectivity index (χ4n) is 5.17. The van der Waals surface area contributed by atoms with Crippen LogP contribution in [0, 0.1) is 29.1 Å². The number of carboxylic acids is 3.